The number of benzene rings is 1. The van der Waals surface area contributed by atoms with E-state index in [2.05, 4.69) is 4.98 Å². The highest BCUT2D eigenvalue weighted by Gasteiger charge is 2.15. The second-order valence-corrected chi connectivity index (χ2v) is 4.78. The number of hydrogen-bond donors (Lipinski definition) is 1. The minimum absolute atomic E-state index is 0.131. The molecular formula is C12H5Cl3FNO2. The van der Waals surface area contributed by atoms with Crippen molar-refractivity contribution < 1.29 is 14.3 Å². The molecule has 0 unspecified atom stereocenters. The van der Waals surface area contributed by atoms with E-state index in [9.17, 15) is 9.18 Å². The number of aromatic nitrogens is 1. The van der Waals surface area contributed by atoms with E-state index in [0.29, 0.717) is 0 Å². The van der Waals surface area contributed by atoms with Crippen LogP contribution in [-0.4, -0.2) is 16.1 Å². The molecule has 7 heteroatoms. The number of pyridine rings is 1. The fourth-order valence-corrected chi connectivity index (χ4v) is 2.05. The average Bonchev–Trinajstić information content (AvgIpc) is 2.35. The summed E-state index contributed by atoms with van der Waals surface area (Å²) in [6.45, 7) is 0. The van der Waals surface area contributed by atoms with E-state index >= 15 is 0 Å². The van der Waals surface area contributed by atoms with Gasteiger partial charge < -0.3 is 5.11 Å². The maximum Gasteiger partial charge on any atom is 0.354 e. The van der Waals surface area contributed by atoms with Crippen LogP contribution in [0.15, 0.2) is 24.3 Å². The quantitative estimate of drug-likeness (QED) is 0.826. The maximum absolute atomic E-state index is 13.7. The van der Waals surface area contributed by atoms with Gasteiger partial charge in [0.2, 0.25) is 0 Å². The molecule has 1 aromatic heterocycles. The molecule has 0 radical (unpaired) electrons. The number of hydrogen-bond acceptors (Lipinski definition) is 2. The topological polar surface area (TPSA) is 50.2 Å². The van der Waals surface area contributed by atoms with Gasteiger partial charge in [0.05, 0.1) is 15.1 Å². The Labute approximate surface area is 122 Å². The molecule has 0 amide bonds. The Hall–Kier alpha value is -1.36. The van der Waals surface area contributed by atoms with Crippen molar-refractivity contribution in [2.24, 2.45) is 0 Å². The zero-order valence-corrected chi connectivity index (χ0v) is 11.4. The van der Waals surface area contributed by atoms with E-state index < -0.39 is 11.8 Å². The normalized spacial score (nSPS) is 10.5. The highest BCUT2D eigenvalue weighted by Crippen LogP contribution is 2.35. The van der Waals surface area contributed by atoms with Gasteiger partial charge in [0.1, 0.15) is 17.2 Å². The van der Waals surface area contributed by atoms with Crippen LogP contribution in [0.3, 0.4) is 0 Å². The Morgan fingerprint density at radius 2 is 1.74 bits per heavy atom. The van der Waals surface area contributed by atoms with Gasteiger partial charge in [-0.25, -0.2) is 14.2 Å². The number of halogens is 4. The summed E-state index contributed by atoms with van der Waals surface area (Å²) in [5.41, 5.74) is -0.182. The lowest BCUT2D eigenvalue weighted by molar-refractivity contribution is 0.0690. The molecule has 0 spiro atoms. The average molecular weight is 321 g/mol. The van der Waals surface area contributed by atoms with E-state index in [0.717, 1.165) is 12.1 Å². The number of carboxylic acids is 1. The summed E-state index contributed by atoms with van der Waals surface area (Å²) < 4.78 is 13.7. The molecule has 1 heterocycles. The SMILES string of the molecule is O=C(O)c1ccc(F)c(-c2cc(Cl)c(Cl)c(Cl)c2)n1. The molecule has 0 aliphatic rings. The van der Waals surface area contributed by atoms with Crippen LogP contribution in [0, 0.1) is 5.82 Å². The van der Waals surface area contributed by atoms with Crippen molar-refractivity contribution in [2.75, 3.05) is 0 Å². The standard InChI is InChI=1S/C12H5Cl3FNO2/c13-6-3-5(4-7(14)10(6)15)11-8(16)1-2-9(17-11)12(18)19/h1-4H,(H,18,19). The molecular weight excluding hydrogens is 315 g/mol. The van der Waals surface area contributed by atoms with Gasteiger partial charge in [0, 0.05) is 5.56 Å². The first-order chi connectivity index (χ1) is 8.90. The van der Waals surface area contributed by atoms with Crippen LogP contribution in [0.4, 0.5) is 4.39 Å². The second kappa shape index (κ2) is 5.33. The van der Waals surface area contributed by atoms with E-state index in [1.165, 1.54) is 12.1 Å². The predicted octanol–water partition coefficient (Wildman–Crippen LogP) is 4.55. The Kier molecular flexibility index (Phi) is 3.94. The van der Waals surface area contributed by atoms with Gasteiger partial charge in [-0.3, -0.25) is 0 Å². The van der Waals surface area contributed by atoms with Gasteiger partial charge in [-0.05, 0) is 24.3 Å². The monoisotopic (exact) mass is 319 g/mol. The molecule has 19 heavy (non-hydrogen) atoms. The first-order valence-electron chi connectivity index (χ1n) is 4.95. The highest BCUT2D eigenvalue weighted by atomic mass is 35.5. The van der Waals surface area contributed by atoms with Crippen molar-refractivity contribution in [1.82, 2.24) is 4.98 Å². The lowest BCUT2D eigenvalue weighted by atomic mass is 10.1. The van der Waals surface area contributed by atoms with Crippen LogP contribution < -0.4 is 0 Å². The van der Waals surface area contributed by atoms with Gasteiger partial charge >= 0.3 is 5.97 Å². The number of rotatable bonds is 2. The molecule has 3 nitrogen and oxygen atoms in total. The molecule has 0 saturated carbocycles. The zero-order chi connectivity index (χ0) is 14.2. The summed E-state index contributed by atoms with van der Waals surface area (Å²) in [7, 11) is 0. The van der Waals surface area contributed by atoms with E-state index in [1.807, 2.05) is 0 Å². The minimum atomic E-state index is -1.26. The van der Waals surface area contributed by atoms with Crippen LogP contribution >= 0.6 is 34.8 Å². The van der Waals surface area contributed by atoms with E-state index in [-0.39, 0.29) is 32.0 Å². The Balaban J connectivity index is 2.64. The predicted molar refractivity (Wildman–Crippen MR) is 71.6 cm³/mol. The third-order valence-corrected chi connectivity index (χ3v) is 3.52. The Bertz CT molecular complexity index is 653. The first-order valence-corrected chi connectivity index (χ1v) is 6.08. The molecule has 0 saturated heterocycles. The number of aromatic carboxylic acids is 1. The van der Waals surface area contributed by atoms with Crippen molar-refractivity contribution in [3.05, 3.63) is 50.8 Å². The van der Waals surface area contributed by atoms with Crippen LogP contribution in [0.25, 0.3) is 11.3 Å². The van der Waals surface area contributed by atoms with Crippen molar-refractivity contribution in [3.8, 4) is 11.3 Å². The zero-order valence-electron chi connectivity index (χ0n) is 9.12. The molecule has 0 fully saturated rings. The summed E-state index contributed by atoms with van der Waals surface area (Å²) >= 11 is 17.5. The highest BCUT2D eigenvalue weighted by molar-refractivity contribution is 6.48. The fourth-order valence-electron chi connectivity index (χ4n) is 1.46. The molecule has 0 atom stereocenters. The molecule has 98 valence electrons. The lowest BCUT2D eigenvalue weighted by Gasteiger charge is -2.07. The summed E-state index contributed by atoms with van der Waals surface area (Å²) in [6.07, 6.45) is 0. The van der Waals surface area contributed by atoms with E-state index in [1.54, 1.807) is 0 Å². The summed E-state index contributed by atoms with van der Waals surface area (Å²) in [6, 6.07) is 4.82. The van der Waals surface area contributed by atoms with Gasteiger partial charge in [-0.15, -0.1) is 0 Å². The summed E-state index contributed by atoms with van der Waals surface area (Å²) in [5, 5.41) is 9.24. The second-order valence-electron chi connectivity index (χ2n) is 3.59. The van der Waals surface area contributed by atoms with Crippen molar-refractivity contribution in [2.45, 2.75) is 0 Å². The van der Waals surface area contributed by atoms with E-state index in [4.69, 9.17) is 39.9 Å². The van der Waals surface area contributed by atoms with Crippen LogP contribution in [0.5, 0.6) is 0 Å². The summed E-state index contributed by atoms with van der Waals surface area (Å²) in [5.74, 6) is -1.94. The minimum Gasteiger partial charge on any atom is -0.477 e. The van der Waals surface area contributed by atoms with Gasteiger partial charge in [-0.2, -0.15) is 0 Å². The van der Waals surface area contributed by atoms with Crippen LogP contribution in [0.1, 0.15) is 10.5 Å². The van der Waals surface area contributed by atoms with Crippen molar-refractivity contribution >= 4 is 40.8 Å². The third kappa shape index (κ3) is 2.81. The summed E-state index contributed by atoms with van der Waals surface area (Å²) in [4.78, 5) is 14.5. The first kappa shape index (κ1) is 14.1. The number of carboxylic acid groups (broad SMARTS) is 1. The van der Waals surface area contributed by atoms with Crippen LogP contribution in [0.2, 0.25) is 15.1 Å². The van der Waals surface area contributed by atoms with Crippen molar-refractivity contribution in [1.29, 1.82) is 0 Å². The molecule has 2 rings (SSSR count). The molecule has 0 aliphatic heterocycles. The Morgan fingerprint density at radius 3 is 2.26 bits per heavy atom. The fraction of sp³-hybridized carbons (Fsp3) is 0. The molecule has 2 aromatic rings. The third-order valence-electron chi connectivity index (χ3n) is 2.32. The Morgan fingerprint density at radius 1 is 1.16 bits per heavy atom. The van der Waals surface area contributed by atoms with Crippen LogP contribution in [-0.2, 0) is 0 Å². The van der Waals surface area contributed by atoms with Gasteiger partial charge in [0.15, 0.2) is 0 Å². The maximum atomic E-state index is 13.7. The molecule has 1 aromatic carbocycles. The number of nitrogens with zero attached hydrogens (tertiary/aromatic N) is 1. The molecule has 1 N–H and O–H groups in total. The lowest BCUT2D eigenvalue weighted by Crippen LogP contribution is -2.02. The smallest absolute Gasteiger partial charge is 0.354 e. The molecule has 0 bridgehead atoms. The van der Waals surface area contributed by atoms with Gasteiger partial charge in [0.25, 0.3) is 0 Å². The van der Waals surface area contributed by atoms with Gasteiger partial charge in [-0.1, -0.05) is 34.8 Å². The number of carbonyl (C=O) groups is 1. The largest absolute Gasteiger partial charge is 0.477 e. The molecule has 0 aliphatic carbocycles. The van der Waals surface area contributed by atoms with Crippen molar-refractivity contribution in [3.63, 3.8) is 0 Å².